The lowest BCUT2D eigenvalue weighted by Gasteiger charge is -2.06. The van der Waals surface area contributed by atoms with Gasteiger partial charge in [-0.1, -0.05) is 69.9 Å². The van der Waals surface area contributed by atoms with E-state index in [1.54, 1.807) is 0 Å². The van der Waals surface area contributed by atoms with Gasteiger partial charge >= 0.3 is 0 Å². The Kier molecular flexibility index (Phi) is 8.65. The first kappa shape index (κ1) is 18.8. The molecular formula is C22H34N2. The topological polar surface area (TPSA) is 17.8 Å². The molecule has 0 bridgehead atoms. The van der Waals surface area contributed by atoms with Crippen molar-refractivity contribution in [1.82, 2.24) is 9.55 Å². The van der Waals surface area contributed by atoms with Gasteiger partial charge < -0.3 is 4.57 Å². The molecule has 0 amide bonds. The second-order valence-corrected chi connectivity index (χ2v) is 6.85. The van der Waals surface area contributed by atoms with Gasteiger partial charge in [-0.05, 0) is 37.7 Å². The predicted octanol–water partition coefficient (Wildman–Crippen LogP) is 5.98. The fourth-order valence-corrected chi connectivity index (χ4v) is 3.25. The van der Waals surface area contributed by atoms with Crippen molar-refractivity contribution in [1.29, 1.82) is 0 Å². The first-order chi connectivity index (χ1) is 11.8. The van der Waals surface area contributed by atoms with Crippen LogP contribution in [0.1, 0.15) is 75.9 Å². The van der Waals surface area contributed by atoms with Crippen molar-refractivity contribution in [2.75, 3.05) is 0 Å². The molecule has 0 saturated carbocycles. The van der Waals surface area contributed by atoms with E-state index in [1.165, 1.54) is 62.0 Å². The van der Waals surface area contributed by atoms with Crippen molar-refractivity contribution >= 4 is 0 Å². The minimum Gasteiger partial charge on any atom is -0.335 e. The quantitative estimate of drug-likeness (QED) is 0.439. The van der Waals surface area contributed by atoms with Crippen LogP contribution >= 0.6 is 0 Å². The lowest BCUT2D eigenvalue weighted by molar-refractivity contribution is 0.552. The van der Waals surface area contributed by atoms with Crippen molar-refractivity contribution in [2.24, 2.45) is 0 Å². The molecule has 2 heteroatoms. The molecule has 0 fully saturated rings. The van der Waals surface area contributed by atoms with Crippen molar-refractivity contribution in [2.45, 2.75) is 84.6 Å². The summed E-state index contributed by atoms with van der Waals surface area (Å²) in [5.74, 6) is 1.29. The van der Waals surface area contributed by atoms with Crippen LogP contribution in [0.15, 0.2) is 36.5 Å². The number of unbranched alkanes of at least 4 members (excludes halogenated alkanes) is 4. The lowest BCUT2D eigenvalue weighted by Crippen LogP contribution is -2.02. The SMILES string of the molecule is CCCCCCCn1cc(CCCc2ccccc2)nc1CCC. The fraction of sp³-hybridized carbons (Fsp3) is 0.591. The molecular weight excluding hydrogens is 292 g/mol. The van der Waals surface area contributed by atoms with Crippen molar-refractivity contribution in [3.05, 3.63) is 53.6 Å². The molecule has 1 aromatic heterocycles. The molecule has 2 nitrogen and oxygen atoms in total. The number of hydrogen-bond donors (Lipinski definition) is 0. The highest BCUT2D eigenvalue weighted by Crippen LogP contribution is 2.13. The van der Waals surface area contributed by atoms with Crippen LogP contribution < -0.4 is 0 Å². The van der Waals surface area contributed by atoms with Crippen LogP contribution in [0.2, 0.25) is 0 Å². The average Bonchev–Trinajstić information content (AvgIpc) is 2.98. The van der Waals surface area contributed by atoms with E-state index >= 15 is 0 Å². The average molecular weight is 327 g/mol. The lowest BCUT2D eigenvalue weighted by atomic mass is 10.1. The molecule has 0 N–H and O–H groups in total. The van der Waals surface area contributed by atoms with Crippen LogP contribution in [0, 0.1) is 0 Å². The first-order valence-corrected chi connectivity index (χ1v) is 9.92. The highest BCUT2D eigenvalue weighted by Gasteiger charge is 2.07. The van der Waals surface area contributed by atoms with Crippen LogP contribution in [0.4, 0.5) is 0 Å². The van der Waals surface area contributed by atoms with Gasteiger partial charge in [0.05, 0.1) is 5.69 Å². The first-order valence-electron chi connectivity index (χ1n) is 9.92. The zero-order valence-electron chi connectivity index (χ0n) is 15.6. The van der Waals surface area contributed by atoms with E-state index in [4.69, 9.17) is 4.98 Å². The number of nitrogens with zero attached hydrogens (tertiary/aromatic N) is 2. The molecule has 0 unspecified atom stereocenters. The van der Waals surface area contributed by atoms with Gasteiger partial charge in [-0.15, -0.1) is 0 Å². The van der Waals surface area contributed by atoms with E-state index in [1.807, 2.05) is 0 Å². The Morgan fingerprint density at radius 1 is 0.792 bits per heavy atom. The minimum atomic E-state index is 1.09. The second-order valence-electron chi connectivity index (χ2n) is 6.85. The van der Waals surface area contributed by atoms with E-state index < -0.39 is 0 Å². The Balaban J connectivity index is 1.82. The Morgan fingerprint density at radius 2 is 1.58 bits per heavy atom. The summed E-state index contributed by atoms with van der Waals surface area (Å²) in [6.07, 6.45) is 14.7. The van der Waals surface area contributed by atoms with Crippen LogP contribution in [-0.4, -0.2) is 9.55 Å². The maximum absolute atomic E-state index is 4.91. The third-order valence-electron chi connectivity index (χ3n) is 4.63. The van der Waals surface area contributed by atoms with Gasteiger partial charge in [-0.3, -0.25) is 0 Å². The zero-order chi connectivity index (χ0) is 17.0. The largest absolute Gasteiger partial charge is 0.335 e. The molecule has 1 aromatic carbocycles. The maximum atomic E-state index is 4.91. The van der Waals surface area contributed by atoms with Crippen LogP contribution in [0.25, 0.3) is 0 Å². The molecule has 0 saturated heterocycles. The van der Waals surface area contributed by atoms with Gasteiger partial charge in [0.15, 0.2) is 0 Å². The molecule has 0 aliphatic carbocycles. The third-order valence-corrected chi connectivity index (χ3v) is 4.63. The number of imidazole rings is 1. The second kappa shape index (κ2) is 11.1. The fourth-order valence-electron chi connectivity index (χ4n) is 3.25. The smallest absolute Gasteiger partial charge is 0.108 e. The van der Waals surface area contributed by atoms with Gasteiger partial charge in [0.25, 0.3) is 0 Å². The van der Waals surface area contributed by atoms with Crippen LogP contribution in [-0.2, 0) is 25.8 Å². The molecule has 0 radical (unpaired) electrons. The summed E-state index contributed by atoms with van der Waals surface area (Å²) in [6, 6.07) is 10.8. The Labute approximate surface area is 148 Å². The van der Waals surface area contributed by atoms with Gasteiger partial charge in [-0.2, -0.15) is 0 Å². The molecule has 2 aromatic rings. The Morgan fingerprint density at radius 3 is 2.33 bits per heavy atom. The number of hydrogen-bond acceptors (Lipinski definition) is 1. The van der Waals surface area contributed by atoms with Gasteiger partial charge in [0, 0.05) is 19.2 Å². The number of aryl methyl sites for hydroxylation is 4. The third kappa shape index (κ3) is 6.51. The summed E-state index contributed by atoms with van der Waals surface area (Å²) in [6.45, 7) is 5.66. The van der Waals surface area contributed by atoms with E-state index in [0.29, 0.717) is 0 Å². The standard InChI is InChI=1S/C22H34N2/c1-3-5-6-7-11-18-24-19-21(23-22(24)13-4-2)17-12-16-20-14-9-8-10-15-20/h8-10,14-15,19H,3-7,11-13,16-18H2,1-2H3. The molecule has 2 rings (SSSR count). The van der Waals surface area contributed by atoms with Crippen molar-refractivity contribution in [3.8, 4) is 0 Å². The zero-order valence-corrected chi connectivity index (χ0v) is 15.6. The molecule has 0 aliphatic heterocycles. The summed E-state index contributed by atoms with van der Waals surface area (Å²) < 4.78 is 2.42. The van der Waals surface area contributed by atoms with Gasteiger partial charge in [0.1, 0.15) is 5.82 Å². The minimum absolute atomic E-state index is 1.09. The normalized spacial score (nSPS) is 11.1. The monoisotopic (exact) mass is 326 g/mol. The molecule has 0 spiro atoms. The Bertz CT molecular complexity index is 557. The van der Waals surface area contributed by atoms with Gasteiger partial charge in [-0.25, -0.2) is 4.98 Å². The molecule has 24 heavy (non-hydrogen) atoms. The number of aromatic nitrogens is 2. The van der Waals surface area contributed by atoms with Crippen molar-refractivity contribution in [3.63, 3.8) is 0 Å². The predicted molar refractivity (Wildman–Crippen MR) is 103 cm³/mol. The summed E-state index contributed by atoms with van der Waals surface area (Å²) >= 11 is 0. The molecule has 0 atom stereocenters. The van der Waals surface area contributed by atoms with Gasteiger partial charge in [0.2, 0.25) is 0 Å². The number of benzene rings is 1. The molecule has 0 aliphatic rings. The van der Waals surface area contributed by atoms with E-state index in [2.05, 4.69) is 54.9 Å². The van der Waals surface area contributed by atoms with Crippen LogP contribution in [0.5, 0.6) is 0 Å². The highest BCUT2D eigenvalue weighted by atomic mass is 15.1. The summed E-state index contributed by atoms with van der Waals surface area (Å²) in [5.41, 5.74) is 2.71. The van der Waals surface area contributed by atoms with Crippen LogP contribution in [0.3, 0.4) is 0 Å². The van der Waals surface area contributed by atoms with Crippen molar-refractivity contribution < 1.29 is 0 Å². The van der Waals surface area contributed by atoms with E-state index in [0.717, 1.165) is 25.8 Å². The number of rotatable bonds is 12. The Hall–Kier alpha value is -1.57. The highest BCUT2D eigenvalue weighted by molar-refractivity contribution is 5.15. The maximum Gasteiger partial charge on any atom is 0.108 e. The van der Waals surface area contributed by atoms with E-state index in [-0.39, 0.29) is 0 Å². The van der Waals surface area contributed by atoms with E-state index in [9.17, 15) is 0 Å². The molecule has 132 valence electrons. The summed E-state index contributed by atoms with van der Waals surface area (Å²) in [5, 5.41) is 0. The summed E-state index contributed by atoms with van der Waals surface area (Å²) in [7, 11) is 0. The summed E-state index contributed by atoms with van der Waals surface area (Å²) in [4.78, 5) is 4.91. The molecule has 1 heterocycles.